The Morgan fingerprint density at radius 2 is 1.52 bits per heavy atom. The molecule has 0 aliphatic carbocycles. The summed E-state index contributed by atoms with van der Waals surface area (Å²) in [6, 6.07) is 8.95. The quantitative estimate of drug-likeness (QED) is 0.741. The molecule has 1 aliphatic heterocycles. The minimum absolute atomic E-state index is 0.0728. The largest absolute Gasteiger partial charge is 0.478 e. The van der Waals surface area contributed by atoms with Gasteiger partial charge in [0.05, 0.1) is 22.3 Å². The van der Waals surface area contributed by atoms with Gasteiger partial charge in [0.2, 0.25) is 0 Å². The number of amides is 2. The number of imide groups is 1. The third-order valence-corrected chi connectivity index (χ3v) is 3.53. The van der Waals surface area contributed by atoms with Gasteiger partial charge in [0.15, 0.2) is 0 Å². The van der Waals surface area contributed by atoms with Crippen LogP contribution in [0.25, 0.3) is 11.1 Å². The molecule has 0 atom stereocenters. The number of benzene rings is 2. The van der Waals surface area contributed by atoms with Crippen LogP contribution < -0.4 is 5.32 Å². The van der Waals surface area contributed by atoms with Crippen molar-refractivity contribution >= 4 is 23.8 Å². The van der Waals surface area contributed by atoms with E-state index in [9.17, 15) is 29.4 Å². The molecule has 0 radical (unpaired) electrons. The number of aromatic carboxylic acids is 2. The second-order valence-corrected chi connectivity index (χ2v) is 4.86. The average Bonchev–Trinajstić information content (AvgIpc) is 2.80. The lowest BCUT2D eigenvalue weighted by Gasteiger charge is -2.13. The van der Waals surface area contributed by atoms with E-state index in [1.807, 2.05) is 0 Å². The van der Waals surface area contributed by atoms with Gasteiger partial charge in [0, 0.05) is 5.56 Å². The number of carboxylic acid groups (broad SMARTS) is 2. The topological polar surface area (TPSA) is 121 Å². The van der Waals surface area contributed by atoms with Crippen LogP contribution in [0, 0.1) is 0 Å². The second kappa shape index (κ2) is 5.06. The highest BCUT2D eigenvalue weighted by atomic mass is 16.4. The molecular formula is C16H9NO6. The Kier molecular flexibility index (Phi) is 3.18. The van der Waals surface area contributed by atoms with E-state index in [0.717, 1.165) is 6.07 Å². The maximum atomic E-state index is 12.1. The van der Waals surface area contributed by atoms with Gasteiger partial charge in [-0.05, 0) is 11.6 Å². The fourth-order valence-corrected chi connectivity index (χ4v) is 2.62. The van der Waals surface area contributed by atoms with Crippen molar-refractivity contribution in [2.45, 2.75) is 0 Å². The maximum Gasteiger partial charge on any atom is 0.337 e. The minimum Gasteiger partial charge on any atom is -0.478 e. The molecule has 2 aromatic carbocycles. The van der Waals surface area contributed by atoms with Gasteiger partial charge in [0.25, 0.3) is 11.8 Å². The van der Waals surface area contributed by atoms with Crippen molar-refractivity contribution in [3.63, 3.8) is 0 Å². The summed E-state index contributed by atoms with van der Waals surface area (Å²) in [5.41, 5.74) is -1.06. The van der Waals surface area contributed by atoms with Crippen LogP contribution in [0.15, 0.2) is 36.4 Å². The van der Waals surface area contributed by atoms with Crippen molar-refractivity contribution in [1.82, 2.24) is 5.32 Å². The molecule has 0 bridgehead atoms. The zero-order valence-corrected chi connectivity index (χ0v) is 11.5. The molecular weight excluding hydrogens is 302 g/mol. The molecule has 0 fully saturated rings. The molecule has 1 heterocycles. The normalized spacial score (nSPS) is 12.7. The monoisotopic (exact) mass is 311 g/mol. The van der Waals surface area contributed by atoms with Gasteiger partial charge in [-0.25, -0.2) is 9.59 Å². The molecule has 0 spiro atoms. The van der Waals surface area contributed by atoms with Gasteiger partial charge in [-0.1, -0.05) is 30.3 Å². The average molecular weight is 311 g/mol. The fourth-order valence-electron chi connectivity index (χ4n) is 2.62. The van der Waals surface area contributed by atoms with Crippen LogP contribution in [0.5, 0.6) is 0 Å². The predicted molar refractivity (Wildman–Crippen MR) is 77.6 cm³/mol. The molecule has 2 aromatic rings. The van der Waals surface area contributed by atoms with Crippen LogP contribution in [0.4, 0.5) is 0 Å². The van der Waals surface area contributed by atoms with Gasteiger partial charge in [-0.3, -0.25) is 14.9 Å². The number of hydrogen-bond donors (Lipinski definition) is 3. The van der Waals surface area contributed by atoms with Crippen molar-refractivity contribution < 1.29 is 29.4 Å². The molecule has 0 saturated carbocycles. The van der Waals surface area contributed by atoms with Crippen LogP contribution in [0.1, 0.15) is 41.4 Å². The highest BCUT2D eigenvalue weighted by molar-refractivity contribution is 6.27. The third-order valence-electron chi connectivity index (χ3n) is 3.53. The maximum absolute atomic E-state index is 12.1. The number of nitrogens with one attached hydrogen (secondary N) is 1. The van der Waals surface area contributed by atoms with Crippen molar-refractivity contribution in [3.8, 4) is 11.1 Å². The van der Waals surface area contributed by atoms with Crippen molar-refractivity contribution in [1.29, 1.82) is 0 Å². The molecule has 2 amide bonds. The van der Waals surface area contributed by atoms with E-state index in [2.05, 4.69) is 5.32 Å². The summed E-state index contributed by atoms with van der Waals surface area (Å²) in [6.07, 6.45) is 0. The number of fused-ring (bicyclic) bond motifs is 1. The number of carbonyl (C=O) groups excluding carboxylic acids is 2. The van der Waals surface area contributed by atoms with Crippen LogP contribution in [0.3, 0.4) is 0 Å². The number of carboxylic acids is 2. The van der Waals surface area contributed by atoms with Crippen LogP contribution in [0.2, 0.25) is 0 Å². The Morgan fingerprint density at radius 3 is 2.09 bits per heavy atom. The minimum atomic E-state index is -1.49. The number of carbonyl (C=O) groups is 4. The summed E-state index contributed by atoms with van der Waals surface area (Å²) in [7, 11) is 0. The molecule has 3 rings (SSSR count). The first-order chi connectivity index (χ1) is 10.9. The molecule has 0 unspecified atom stereocenters. The molecule has 3 N–H and O–H groups in total. The standard InChI is InChI=1S/C16H9NO6/c18-13-8-6-9(15(20)21)12(16(22)23)10(11(8)14(19)17-13)7-4-2-1-3-5-7/h1-6H,(H,20,21)(H,22,23)(H,17,18,19). The van der Waals surface area contributed by atoms with E-state index >= 15 is 0 Å². The van der Waals surface area contributed by atoms with Crippen LogP contribution in [-0.2, 0) is 0 Å². The van der Waals surface area contributed by atoms with E-state index in [-0.39, 0.29) is 16.7 Å². The van der Waals surface area contributed by atoms with Crippen molar-refractivity contribution in [2.75, 3.05) is 0 Å². The summed E-state index contributed by atoms with van der Waals surface area (Å²) in [5, 5.41) is 20.8. The van der Waals surface area contributed by atoms with Crippen LogP contribution in [-0.4, -0.2) is 34.0 Å². The van der Waals surface area contributed by atoms with E-state index in [1.54, 1.807) is 30.3 Å². The fraction of sp³-hybridized carbons (Fsp3) is 0. The Hall–Kier alpha value is -3.48. The van der Waals surface area contributed by atoms with E-state index in [4.69, 9.17) is 0 Å². The van der Waals surface area contributed by atoms with E-state index in [1.165, 1.54) is 0 Å². The Labute approximate surface area is 129 Å². The zero-order valence-electron chi connectivity index (χ0n) is 11.5. The SMILES string of the molecule is O=C(O)c1cc2c(c(-c3ccccc3)c1C(=O)O)C(=O)NC2=O. The zero-order chi connectivity index (χ0) is 16.7. The van der Waals surface area contributed by atoms with Gasteiger partial charge in [0.1, 0.15) is 0 Å². The Balaban J connectivity index is 2.51. The third kappa shape index (κ3) is 2.15. The summed E-state index contributed by atoms with van der Waals surface area (Å²) >= 11 is 0. The summed E-state index contributed by atoms with van der Waals surface area (Å²) in [4.78, 5) is 46.9. The van der Waals surface area contributed by atoms with Crippen molar-refractivity contribution in [2.24, 2.45) is 0 Å². The Morgan fingerprint density at radius 1 is 0.870 bits per heavy atom. The molecule has 7 nitrogen and oxygen atoms in total. The molecule has 7 heteroatoms. The first-order valence-corrected chi connectivity index (χ1v) is 6.50. The summed E-state index contributed by atoms with van der Waals surface area (Å²) < 4.78 is 0. The Bertz CT molecular complexity index is 885. The smallest absolute Gasteiger partial charge is 0.337 e. The summed E-state index contributed by atoms with van der Waals surface area (Å²) in [5.74, 6) is -4.48. The first kappa shape index (κ1) is 14.5. The molecule has 0 aromatic heterocycles. The second-order valence-electron chi connectivity index (χ2n) is 4.86. The lowest BCUT2D eigenvalue weighted by atomic mass is 9.88. The van der Waals surface area contributed by atoms with Gasteiger partial charge < -0.3 is 10.2 Å². The van der Waals surface area contributed by atoms with Gasteiger partial charge >= 0.3 is 11.9 Å². The number of rotatable bonds is 3. The highest BCUT2D eigenvalue weighted by Crippen LogP contribution is 2.35. The van der Waals surface area contributed by atoms with Gasteiger partial charge in [-0.2, -0.15) is 0 Å². The highest BCUT2D eigenvalue weighted by Gasteiger charge is 2.36. The molecule has 0 saturated heterocycles. The predicted octanol–water partition coefficient (Wildman–Crippen LogP) is 1.63. The first-order valence-electron chi connectivity index (χ1n) is 6.50. The van der Waals surface area contributed by atoms with E-state index in [0.29, 0.717) is 5.56 Å². The number of hydrogen-bond acceptors (Lipinski definition) is 4. The van der Waals surface area contributed by atoms with Gasteiger partial charge in [-0.15, -0.1) is 0 Å². The molecule has 23 heavy (non-hydrogen) atoms. The molecule has 1 aliphatic rings. The van der Waals surface area contributed by atoms with Crippen molar-refractivity contribution in [3.05, 3.63) is 58.7 Å². The lowest BCUT2D eigenvalue weighted by molar-refractivity contribution is 0.0652. The van der Waals surface area contributed by atoms with E-state index < -0.39 is 34.9 Å². The molecule has 114 valence electrons. The lowest BCUT2D eigenvalue weighted by Crippen LogP contribution is -2.20. The summed E-state index contributed by atoms with van der Waals surface area (Å²) in [6.45, 7) is 0. The van der Waals surface area contributed by atoms with Crippen LogP contribution >= 0.6 is 0 Å².